The van der Waals surface area contributed by atoms with E-state index >= 15 is 0 Å². The highest BCUT2D eigenvalue weighted by atomic mass is 16.5. The Balaban J connectivity index is 2.09. The van der Waals surface area contributed by atoms with Crippen molar-refractivity contribution in [3.8, 4) is 0 Å². The molecule has 3 rings (SSSR count). The van der Waals surface area contributed by atoms with Crippen LogP contribution in [0.1, 0.15) is 10.4 Å². The molecule has 0 saturated heterocycles. The number of hydrogen-bond acceptors (Lipinski definition) is 3. The van der Waals surface area contributed by atoms with E-state index in [1.54, 1.807) is 19.5 Å². The predicted octanol–water partition coefficient (Wildman–Crippen LogP) is 2.17. The minimum Gasteiger partial charge on any atom is -0.383 e. The molecule has 2 aromatic heterocycles. The van der Waals surface area contributed by atoms with Gasteiger partial charge >= 0.3 is 0 Å². The number of nitrogens with zero attached hydrogens (tertiary/aromatic N) is 3. The van der Waals surface area contributed by atoms with Gasteiger partial charge in [0.15, 0.2) is 0 Å². The Bertz CT molecular complexity index is 729. The zero-order valence-electron chi connectivity index (χ0n) is 11.2. The predicted molar refractivity (Wildman–Crippen MR) is 75.8 cm³/mol. The van der Waals surface area contributed by atoms with E-state index in [4.69, 9.17) is 4.74 Å². The summed E-state index contributed by atoms with van der Waals surface area (Å²) in [6, 6.07) is 7.88. The number of ether oxygens (including phenoxy) is 1. The van der Waals surface area contributed by atoms with Gasteiger partial charge in [0.2, 0.25) is 0 Å². The third kappa shape index (κ3) is 2.12. The summed E-state index contributed by atoms with van der Waals surface area (Å²) in [5, 5.41) is 0.947. The summed E-state index contributed by atoms with van der Waals surface area (Å²) in [5.41, 5.74) is 1.71. The first kappa shape index (κ1) is 12.6. The van der Waals surface area contributed by atoms with Crippen LogP contribution in [-0.4, -0.2) is 33.7 Å². The zero-order chi connectivity index (χ0) is 13.9. The Labute approximate surface area is 116 Å². The van der Waals surface area contributed by atoms with E-state index in [2.05, 4.69) is 4.98 Å². The Kier molecular flexibility index (Phi) is 3.35. The first-order valence-corrected chi connectivity index (χ1v) is 6.40. The number of carbonyl (C=O) groups is 1. The van der Waals surface area contributed by atoms with Crippen LogP contribution in [0.5, 0.6) is 0 Å². The highest BCUT2D eigenvalue weighted by Gasteiger charge is 2.15. The second-order valence-electron chi connectivity index (χ2n) is 4.52. The van der Waals surface area contributed by atoms with Gasteiger partial charge in [0.1, 0.15) is 6.33 Å². The number of aromatic nitrogens is 3. The SMILES string of the molecule is COCCn1cc(C(=O)n2ccnc2)c2ccccc21. The molecule has 0 aliphatic rings. The van der Waals surface area contributed by atoms with Crippen LogP contribution in [0.25, 0.3) is 10.9 Å². The standard InChI is InChI=1S/C15H15N3O2/c1-20-9-8-17-10-13(12-4-2-3-5-14(12)17)15(19)18-7-6-16-11-18/h2-7,10-11H,8-9H2,1H3. The number of imidazole rings is 1. The second-order valence-corrected chi connectivity index (χ2v) is 4.52. The lowest BCUT2D eigenvalue weighted by Crippen LogP contribution is -2.09. The van der Waals surface area contributed by atoms with E-state index in [9.17, 15) is 4.79 Å². The number of rotatable bonds is 4. The van der Waals surface area contributed by atoms with Gasteiger partial charge in [-0.2, -0.15) is 0 Å². The molecule has 20 heavy (non-hydrogen) atoms. The van der Waals surface area contributed by atoms with Crippen molar-refractivity contribution in [1.29, 1.82) is 0 Å². The van der Waals surface area contributed by atoms with Crippen molar-refractivity contribution in [1.82, 2.24) is 14.1 Å². The molecule has 1 aromatic carbocycles. The fraction of sp³-hybridized carbons (Fsp3) is 0.200. The van der Waals surface area contributed by atoms with Crippen molar-refractivity contribution in [3.05, 3.63) is 54.7 Å². The van der Waals surface area contributed by atoms with E-state index in [0.29, 0.717) is 18.7 Å². The van der Waals surface area contributed by atoms with Crippen LogP contribution in [-0.2, 0) is 11.3 Å². The van der Waals surface area contributed by atoms with Crippen LogP contribution >= 0.6 is 0 Å². The number of methoxy groups -OCH3 is 1. The minimum atomic E-state index is -0.0742. The Morgan fingerprint density at radius 1 is 1.35 bits per heavy atom. The topological polar surface area (TPSA) is 49.0 Å². The van der Waals surface area contributed by atoms with E-state index < -0.39 is 0 Å². The van der Waals surface area contributed by atoms with Gasteiger partial charge in [0.25, 0.3) is 5.91 Å². The van der Waals surface area contributed by atoms with Gasteiger partial charge in [-0.3, -0.25) is 9.36 Å². The van der Waals surface area contributed by atoms with Gasteiger partial charge in [0, 0.05) is 43.1 Å². The summed E-state index contributed by atoms with van der Waals surface area (Å²) in [5.74, 6) is -0.0742. The van der Waals surface area contributed by atoms with Crippen molar-refractivity contribution in [3.63, 3.8) is 0 Å². The van der Waals surface area contributed by atoms with Crippen LogP contribution in [0, 0.1) is 0 Å². The van der Waals surface area contributed by atoms with Crippen molar-refractivity contribution >= 4 is 16.8 Å². The van der Waals surface area contributed by atoms with E-state index in [1.807, 2.05) is 35.0 Å². The van der Waals surface area contributed by atoms with E-state index in [0.717, 1.165) is 10.9 Å². The Morgan fingerprint density at radius 2 is 2.20 bits per heavy atom. The molecule has 0 unspecified atom stereocenters. The molecular weight excluding hydrogens is 254 g/mol. The average Bonchev–Trinajstić information content (AvgIpc) is 3.12. The fourth-order valence-corrected chi connectivity index (χ4v) is 2.31. The van der Waals surface area contributed by atoms with Crippen LogP contribution in [0.3, 0.4) is 0 Å². The van der Waals surface area contributed by atoms with Gasteiger partial charge in [-0.05, 0) is 6.07 Å². The number of hydrogen-bond donors (Lipinski definition) is 0. The van der Waals surface area contributed by atoms with Crippen LogP contribution in [0.15, 0.2) is 49.2 Å². The van der Waals surface area contributed by atoms with Crippen molar-refractivity contribution in [2.75, 3.05) is 13.7 Å². The molecule has 0 saturated carbocycles. The first-order chi connectivity index (χ1) is 9.81. The van der Waals surface area contributed by atoms with Crippen molar-refractivity contribution < 1.29 is 9.53 Å². The van der Waals surface area contributed by atoms with Gasteiger partial charge in [-0.15, -0.1) is 0 Å². The normalized spacial score (nSPS) is 11.1. The fourth-order valence-electron chi connectivity index (χ4n) is 2.31. The molecule has 2 heterocycles. The smallest absolute Gasteiger partial charge is 0.265 e. The molecular formula is C15H15N3O2. The van der Waals surface area contributed by atoms with Gasteiger partial charge in [0.05, 0.1) is 12.2 Å². The molecule has 0 atom stereocenters. The number of para-hydroxylation sites is 1. The lowest BCUT2D eigenvalue weighted by molar-refractivity contribution is 0.0961. The summed E-state index contributed by atoms with van der Waals surface area (Å²) < 4.78 is 8.65. The Hall–Kier alpha value is -2.40. The van der Waals surface area contributed by atoms with Gasteiger partial charge in [-0.25, -0.2) is 4.98 Å². The molecule has 0 spiro atoms. The quantitative estimate of drug-likeness (QED) is 0.729. The molecule has 102 valence electrons. The summed E-state index contributed by atoms with van der Waals surface area (Å²) in [7, 11) is 1.67. The average molecular weight is 269 g/mol. The van der Waals surface area contributed by atoms with Crippen LogP contribution < -0.4 is 0 Å². The number of carbonyl (C=O) groups excluding carboxylic acids is 1. The Morgan fingerprint density at radius 3 is 2.95 bits per heavy atom. The molecule has 0 amide bonds. The summed E-state index contributed by atoms with van der Waals surface area (Å²) in [6.45, 7) is 1.33. The van der Waals surface area contributed by atoms with Crippen LogP contribution in [0.2, 0.25) is 0 Å². The maximum Gasteiger partial charge on any atom is 0.265 e. The van der Waals surface area contributed by atoms with Gasteiger partial charge in [-0.1, -0.05) is 18.2 Å². The lowest BCUT2D eigenvalue weighted by atomic mass is 10.1. The maximum atomic E-state index is 12.5. The third-order valence-electron chi connectivity index (χ3n) is 3.29. The highest BCUT2D eigenvalue weighted by Crippen LogP contribution is 2.22. The minimum absolute atomic E-state index is 0.0742. The third-order valence-corrected chi connectivity index (χ3v) is 3.29. The molecule has 3 aromatic rings. The summed E-state index contributed by atoms with van der Waals surface area (Å²) in [4.78, 5) is 16.4. The van der Waals surface area contributed by atoms with Gasteiger partial charge < -0.3 is 9.30 Å². The second kappa shape index (κ2) is 5.30. The first-order valence-electron chi connectivity index (χ1n) is 6.40. The largest absolute Gasteiger partial charge is 0.383 e. The summed E-state index contributed by atoms with van der Waals surface area (Å²) in [6.07, 6.45) is 6.65. The van der Waals surface area contributed by atoms with Crippen molar-refractivity contribution in [2.24, 2.45) is 0 Å². The monoisotopic (exact) mass is 269 g/mol. The summed E-state index contributed by atoms with van der Waals surface area (Å²) >= 11 is 0. The maximum absolute atomic E-state index is 12.5. The highest BCUT2D eigenvalue weighted by molar-refractivity contribution is 6.07. The number of benzene rings is 1. The zero-order valence-corrected chi connectivity index (χ0v) is 11.2. The molecule has 0 aliphatic carbocycles. The van der Waals surface area contributed by atoms with E-state index in [-0.39, 0.29) is 5.91 Å². The number of fused-ring (bicyclic) bond motifs is 1. The molecule has 0 aliphatic heterocycles. The van der Waals surface area contributed by atoms with Crippen LogP contribution in [0.4, 0.5) is 0 Å². The molecule has 0 N–H and O–H groups in total. The van der Waals surface area contributed by atoms with E-state index in [1.165, 1.54) is 10.9 Å². The van der Waals surface area contributed by atoms with Crippen molar-refractivity contribution in [2.45, 2.75) is 6.54 Å². The molecule has 0 fully saturated rings. The molecule has 0 bridgehead atoms. The lowest BCUT2D eigenvalue weighted by Gasteiger charge is -2.03. The molecule has 0 radical (unpaired) electrons. The molecule has 5 heteroatoms. The molecule has 5 nitrogen and oxygen atoms in total.